The van der Waals surface area contributed by atoms with Crippen LogP contribution in [0.1, 0.15) is 33.1 Å². The number of nitrogens with two attached hydrogens (primary N) is 1. The second-order valence-corrected chi connectivity index (χ2v) is 3.78. The molecule has 0 heterocycles. The Hall–Kier alpha value is -0.610. The van der Waals surface area contributed by atoms with E-state index in [0.717, 1.165) is 25.9 Å². The number of nitrogens with one attached hydrogen (secondary N) is 1. The fourth-order valence-corrected chi connectivity index (χ4v) is 1.76. The highest BCUT2D eigenvalue weighted by atomic mass is 16.5. The van der Waals surface area contributed by atoms with Crippen LogP contribution in [0.25, 0.3) is 0 Å². The van der Waals surface area contributed by atoms with E-state index >= 15 is 0 Å². The molecule has 3 N–H and O–H groups in total. The monoisotopic (exact) mass is 200 g/mol. The van der Waals surface area contributed by atoms with Crippen molar-refractivity contribution in [2.24, 2.45) is 5.73 Å². The molecule has 4 nitrogen and oxygen atoms in total. The maximum atomic E-state index is 10.9. The zero-order valence-electron chi connectivity index (χ0n) is 8.95. The van der Waals surface area contributed by atoms with Crippen molar-refractivity contribution in [3.8, 4) is 0 Å². The van der Waals surface area contributed by atoms with Crippen LogP contribution in [-0.2, 0) is 9.53 Å². The lowest BCUT2D eigenvalue weighted by Crippen LogP contribution is -2.53. The standard InChI is InChI=1S/C10H20N2O2/c1-3-9(10(11)13)12-7-5-8(6-7)14-4-2/h7-9,12H,3-6H2,1-2H3,(H2,11,13). The molecule has 1 fully saturated rings. The summed E-state index contributed by atoms with van der Waals surface area (Å²) in [6, 6.07) is 0.228. The lowest BCUT2D eigenvalue weighted by Gasteiger charge is -2.37. The van der Waals surface area contributed by atoms with Gasteiger partial charge < -0.3 is 15.8 Å². The van der Waals surface area contributed by atoms with Gasteiger partial charge in [-0.3, -0.25) is 4.79 Å². The largest absolute Gasteiger partial charge is 0.378 e. The summed E-state index contributed by atoms with van der Waals surface area (Å²) < 4.78 is 5.43. The first-order valence-electron chi connectivity index (χ1n) is 5.34. The van der Waals surface area contributed by atoms with Gasteiger partial charge in [0.2, 0.25) is 5.91 Å². The van der Waals surface area contributed by atoms with Crippen molar-refractivity contribution in [3.05, 3.63) is 0 Å². The lowest BCUT2D eigenvalue weighted by atomic mass is 9.88. The van der Waals surface area contributed by atoms with Crippen LogP contribution in [0.4, 0.5) is 0 Å². The van der Waals surface area contributed by atoms with Crippen molar-refractivity contribution in [3.63, 3.8) is 0 Å². The topological polar surface area (TPSA) is 64.3 Å². The molecule has 82 valence electrons. The molecule has 1 rings (SSSR count). The fraction of sp³-hybridized carbons (Fsp3) is 0.900. The number of carbonyl (C=O) groups is 1. The van der Waals surface area contributed by atoms with Gasteiger partial charge in [-0.25, -0.2) is 0 Å². The second-order valence-electron chi connectivity index (χ2n) is 3.78. The van der Waals surface area contributed by atoms with Crippen LogP contribution in [0, 0.1) is 0 Å². The van der Waals surface area contributed by atoms with E-state index in [2.05, 4.69) is 5.32 Å². The Balaban J connectivity index is 2.17. The summed E-state index contributed by atoms with van der Waals surface area (Å²) in [6.45, 7) is 4.73. The van der Waals surface area contributed by atoms with E-state index in [-0.39, 0.29) is 11.9 Å². The Morgan fingerprint density at radius 1 is 1.57 bits per heavy atom. The maximum absolute atomic E-state index is 10.9. The summed E-state index contributed by atoms with van der Waals surface area (Å²) in [5.74, 6) is -0.257. The van der Waals surface area contributed by atoms with Crippen molar-refractivity contribution >= 4 is 5.91 Å². The normalized spacial score (nSPS) is 28.1. The van der Waals surface area contributed by atoms with E-state index in [1.54, 1.807) is 0 Å². The van der Waals surface area contributed by atoms with E-state index in [1.165, 1.54) is 0 Å². The number of ether oxygens (including phenoxy) is 1. The molecule has 0 aliphatic heterocycles. The maximum Gasteiger partial charge on any atom is 0.234 e. The fourth-order valence-electron chi connectivity index (χ4n) is 1.76. The molecule has 0 aromatic carbocycles. The molecule has 4 heteroatoms. The lowest BCUT2D eigenvalue weighted by molar-refractivity contribution is -0.120. The van der Waals surface area contributed by atoms with E-state index in [9.17, 15) is 4.79 Å². The van der Waals surface area contributed by atoms with Gasteiger partial charge in [0.25, 0.3) is 0 Å². The number of amides is 1. The van der Waals surface area contributed by atoms with Gasteiger partial charge in [0.15, 0.2) is 0 Å². The van der Waals surface area contributed by atoms with Crippen molar-refractivity contribution < 1.29 is 9.53 Å². The third-order valence-electron chi connectivity index (χ3n) is 2.69. The minimum absolute atomic E-state index is 0.178. The molecule has 1 amide bonds. The summed E-state index contributed by atoms with van der Waals surface area (Å²) in [5.41, 5.74) is 5.23. The molecule has 14 heavy (non-hydrogen) atoms. The quantitative estimate of drug-likeness (QED) is 0.652. The van der Waals surface area contributed by atoms with Gasteiger partial charge in [-0.1, -0.05) is 6.92 Å². The zero-order valence-corrected chi connectivity index (χ0v) is 8.95. The van der Waals surface area contributed by atoms with Crippen molar-refractivity contribution in [1.29, 1.82) is 0 Å². The van der Waals surface area contributed by atoms with Crippen LogP contribution in [0.15, 0.2) is 0 Å². The molecular formula is C10H20N2O2. The zero-order chi connectivity index (χ0) is 10.6. The smallest absolute Gasteiger partial charge is 0.234 e. The van der Waals surface area contributed by atoms with Gasteiger partial charge in [0.1, 0.15) is 0 Å². The average Bonchev–Trinajstić information content (AvgIpc) is 2.08. The van der Waals surface area contributed by atoms with E-state index in [1.807, 2.05) is 13.8 Å². The van der Waals surface area contributed by atoms with Crippen molar-refractivity contribution in [2.45, 2.75) is 51.3 Å². The van der Waals surface area contributed by atoms with Gasteiger partial charge in [0, 0.05) is 12.6 Å². The van der Waals surface area contributed by atoms with Gasteiger partial charge >= 0.3 is 0 Å². The molecule has 0 aromatic rings. The second kappa shape index (κ2) is 5.32. The molecular weight excluding hydrogens is 180 g/mol. The highest BCUT2D eigenvalue weighted by Gasteiger charge is 2.31. The minimum Gasteiger partial charge on any atom is -0.378 e. The van der Waals surface area contributed by atoms with Crippen LogP contribution in [0.5, 0.6) is 0 Å². The van der Waals surface area contributed by atoms with Gasteiger partial charge in [-0.2, -0.15) is 0 Å². The minimum atomic E-state index is -0.257. The van der Waals surface area contributed by atoms with Crippen molar-refractivity contribution in [2.75, 3.05) is 6.61 Å². The molecule has 0 aromatic heterocycles. The first-order valence-corrected chi connectivity index (χ1v) is 5.34. The predicted molar refractivity (Wildman–Crippen MR) is 54.8 cm³/mol. The molecule has 1 aliphatic carbocycles. The molecule has 0 radical (unpaired) electrons. The first kappa shape index (κ1) is 11.5. The Kier molecular flexibility index (Phi) is 4.35. The van der Waals surface area contributed by atoms with E-state index < -0.39 is 0 Å². The Morgan fingerprint density at radius 2 is 2.21 bits per heavy atom. The third kappa shape index (κ3) is 2.96. The van der Waals surface area contributed by atoms with Gasteiger partial charge in [-0.05, 0) is 26.2 Å². The molecule has 1 saturated carbocycles. The van der Waals surface area contributed by atoms with Crippen molar-refractivity contribution in [1.82, 2.24) is 5.32 Å². The SMILES string of the molecule is CCOC1CC(NC(CC)C(N)=O)C1. The molecule has 0 spiro atoms. The highest BCUT2D eigenvalue weighted by Crippen LogP contribution is 2.23. The summed E-state index contributed by atoms with van der Waals surface area (Å²) in [7, 11) is 0. The van der Waals surface area contributed by atoms with Crippen LogP contribution in [0.2, 0.25) is 0 Å². The summed E-state index contributed by atoms with van der Waals surface area (Å²) in [5, 5.41) is 3.24. The van der Waals surface area contributed by atoms with Crippen LogP contribution in [-0.4, -0.2) is 30.7 Å². The third-order valence-corrected chi connectivity index (χ3v) is 2.69. The number of hydrogen-bond acceptors (Lipinski definition) is 3. The molecule has 1 aliphatic rings. The first-order chi connectivity index (χ1) is 6.67. The Bertz CT molecular complexity index is 191. The summed E-state index contributed by atoms with van der Waals surface area (Å²) >= 11 is 0. The summed E-state index contributed by atoms with van der Waals surface area (Å²) in [4.78, 5) is 10.9. The molecule has 0 bridgehead atoms. The number of rotatable bonds is 6. The number of hydrogen-bond donors (Lipinski definition) is 2. The summed E-state index contributed by atoms with van der Waals surface area (Å²) in [6.07, 6.45) is 3.13. The highest BCUT2D eigenvalue weighted by molar-refractivity contribution is 5.79. The molecule has 1 unspecified atom stereocenters. The Morgan fingerprint density at radius 3 is 2.64 bits per heavy atom. The Labute approximate surface area is 85.2 Å². The van der Waals surface area contributed by atoms with E-state index in [0.29, 0.717) is 12.1 Å². The number of carbonyl (C=O) groups excluding carboxylic acids is 1. The predicted octanol–water partition coefficient (Wildman–Crippen LogP) is 0.407. The van der Waals surface area contributed by atoms with Crippen LogP contribution < -0.4 is 11.1 Å². The molecule has 1 atom stereocenters. The average molecular weight is 200 g/mol. The van der Waals surface area contributed by atoms with Gasteiger partial charge in [-0.15, -0.1) is 0 Å². The molecule has 0 saturated heterocycles. The van der Waals surface area contributed by atoms with Crippen LogP contribution >= 0.6 is 0 Å². The van der Waals surface area contributed by atoms with Crippen LogP contribution in [0.3, 0.4) is 0 Å². The van der Waals surface area contributed by atoms with E-state index in [4.69, 9.17) is 10.5 Å². The van der Waals surface area contributed by atoms with Gasteiger partial charge in [0.05, 0.1) is 12.1 Å². The number of primary amides is 1.